The third kappa shape index (κ3) is 5.31. The van der Waals surface area contributed by atoms with Crippen LogP contribution >= 0.6 is 24.0 Å². The first-order valence-electron chi connectivity index (χ1n) is 8.29. The fourth-order valence-electron chi connectivity index (χ4n) is 3.02. The second-order valence-corrected chi connectivity index (χ2v) is 8.31. The quantitative estimate of drug-likeness (QED) is 0.407. The molecule has 1 aliphatic rings. The third-order valence-electron chi connectivity index (χ3n) is 4.20. The molecule has 0 radical (unpaired) electrons. The fourth-order valence-corrected chi connectivity index (χ4v) is 4.69. The average molecular weight is 473 g/mol. The molecule has 1 unspecified atom stereocenters. The molecular weight excluding hydrogens is 449 g/mol. The Morgan fingerprint density at radius 2 is 1.96 bits per heavy atom. The lowest BCUT2D eigenvalue weighted by molar-refractivity contribution is 0.599. The predicted molar refractivity (Wildman–Crippen MR) is 114 cm³/mol. The molecule has 1 saturated heterocycles. The standard InChI is InChI=1S/C18H23N3O2S.HI/c1-2-19-18(21-16-10-11-24(22,23)13-16)20-12-15-8-5-7-14-6-3-4-9-17(14)15;/h3-9,16H,2,10-13H2,1H3,(H2,19,20,21);1H. The molecule has 2 aromatic rings. The van der Waals surface area contributed by atoms with Gasteiger partial charge in [-0.1, -0.05) is 42.5 Å². The molecule has 0 amide bonds. The van der Waals surface area contributed by atoms with Gasteiger partial charge in [0.05, 0.1) is 18.1 Å². The number of rotatable bonds is 4. The molecule has 0 aliphatic carbocycles. The van der Waals surface area contributed by atoms with Gasteiger partial charge in [0.1, 0.15) is 0 Å². The van der Waals surface area contributed by atoms with Crippen molar-refractivity contribution < 1.29 is 8.42 Å². The minimum Gasteiger partial charge on any atom is -0.357 e. The average Bonchev–Trinajstić information content (AvgIpc) is 2.91. The topological polar surface area (TPSA) is 70.6 Å². The summed E-state index contributed by atoms with van der Waals surface area (Å²) in [6.07, 6.45) is 0.640. The molecule has 0 bridgehead atoms. The van der Waals surface area contributed by atoms with Crippen molar-refractivity contribution in [2.75, 3.05) is 18.1 Å². The normalized spacial score (nSPS) is 19.4. The molecule has 1 heterocycles. The molecule has 2 aromatic carbocycles. The number of nitrogens with zero attached hydrogens (tertiary/aromatic N) is 1. The molecule has 1 fully saturated rings. The van der Waals surface area contributed by atoms with Crippen LogP contribution in [0.1, 0.15) is 18.9 Å². The van der Waals surface area contributed by atoms with Gasteiger partial charge in [-0.25, -0.2) is 13.4 Å². The molecule has 3 rings (SSSR count). The van der Waals surface area contributed by atoms with Crippen LogP contribution in [-0.4, -0.2) is 38.5 Å². The SMILES string of the molecule is CCNC(=NCc1cccc2ccccc12)NC1CCS(=O)(=O)C1.I. The smallest absolute Gasteiger partial charge is 0.191 e. The number of benzene rings is 2. The number of halogens is 1. The van der Waals surface area contributed by atoms with Crippen LogP contribution in [-0.2, 0) is 16.4 Å². The summed E-state index contributed by atoms with van der Waals surface area (Å²) >= 11 is 0. The largest absolute Gasteiger partial charge is 0.357 e. The van der Waals surface area contributed by atoms with E-state index in [1.165, 1.54) is 10.8 Å². The highest BCUT2D eigenvalue weighted by molar-refractivity contribution is 14.0. The van der Waals surface area contributed by atoms with Crippen molar-refractivity contribution in [1.82, 2.24) is 10.6 Å². The van der Waals surface area contributed by atoms with Crippen LogP contribution in [0.15, 0.2) is 47.5 Å². The van der Waals surface area contributed by atoms with Crippen molar-refractivity contribution in [3.05, 3.63) is 48.0 Å². The summed E-state index contributed by atoms with van der Waals surface area (Å²) in [6, 6.07) is 14.4. The van der Waals surface area contributed by atoms with Crippen LogP contribution < -0.4 is 10.6 Å². The molecule has 0 spiro atoms. The van der Waals surface area contributed by atoms with Crippen LogP contribution in [0.4, 0.5) is 0 Å². The Balaban J connectivity index is 0.00000225. The van der Waals surface area contributed by atoms with Gasteiger partial charge >= 0.3 is 0 Å². The molecular formula is C18H24IN3O2S. The number of guanidine groups is 1. The summed E-state index contributed by atoms with van der Waals surface area (Å²) in [5.74, 6) is 1.12. The van der Waals surface area contributed by atoms with Gasteiger partial charge in [-0.15, -0.1) is 24.0 Å². The van der Waals surface area contributed by atoms with Gasteiger partial charge in [-0.2, -0.15) is 0 Å². The third-order valence-corrected chi connectivity index (χ3v) is 5.97. The highest BCUT2D eigenvalue weighted by Gasteiger charge is 2.28. The van der Waals surface area contributed by atoms with Crippen molar-refractivity contribution in [1.29, 1.82) is 0 Å². The lowest BCUT2D eigenvalue weighted by atomic mass is 10.1. The molecule has 7 heteroatoms. The van der Waals surface area contributed by atoms with Crippen LogP contribution in [0.2, 0.25) is 0 Å². The maximum absolute atomic E-state index is 11.6. The van der Waals surface area contributed by atoms with Crippen molar-refractivity contribution in [2.45, 2.75) is 25.9 Å². The zero-order chi connectivity index (χ0) is 17.0. The highest BCUT2D eigenvalue weighted by atomic mass is 127. The summed E-state index contributed by atoms with van der Waals surface area (Å²) < 4.78 is 23.2. The van der Waals surface area contributed by atoms with Crippen molar-refractivity contribution in [2.24, 2.45) is 4.99 Å². The van der Waals surface area contributed by atoms with Gasteiger partial charge in [0.25, 0.3) is 0 Å². The van der Waals surface area contributed by atoms with Crippen molar-refractivity contribution in [3.8, 4) is 0 Å². The summed E-state index contributed by atoms with van der Waals surface area (Å²) in [4.78, 5) is 4.64. The summed E-state index contributed by atoms with van der Waals surface area (Å²) in [5.41, 5.74) is 1.16. The molecule has 2 N–H and O–H groups in total. The molecule has 0 aromatic heterocycles. The maximum Gasteiger partial charge on any atom is 0.191 e. The number of aliphatic imine (C=N–C) groups is 1. The van der Waals surface area contributed by atoms with Gasteiger partial charge in [-0.3, -0.25) is 0 Å². The van der Waals surface area contributed by atoms with E-state index in [2.05, 4.69) is 39.9 Å². The molecule has 1 aliphatic heterocycles. The Hall–Kier alpha value is -1.35. The monoisotopic (exact) mass is 473 g/mol. The van der Waals surface area contributed by atoms with E-state index in [-0.39, 0.29) is 41.5 Å². The molecule has 136 valence electrons. The van der Waals surface area contributed by atoms with Gasteiger partial charge in [0.15, 0.2) is 15.8 Å². The molecule has 25 heavy (non-hydrogen) atoms. The van der Waals surface area contributed by atoms with E-state index in [1.54, 1.807) is 0 Å². The molecule has 1 atom stereocenters. The molecule has 5 nitrogen and oxygen atoms in total. The lowest BCUT2D eigenvalue weighted by Crippen LogP contribution is -2.44. The second-order valence-electron chi connectivity index (χ2n) is 6.08. The van der Waals surface area contributed by atoms with E-state index in [0.717, 1.165) is 12.1 Å². The van der Waals surface area contributed by atoms with E-state index >= 15 is 0 Å². The number of hydrogen-bond donors (Lipinski definition) is 2. The van der Waals surface area contributed by atoms with Crippen molar-refractivity contribution >= 4 is 50.5 Å². The first-order chi connectivity index (χ1) is 11.6. The minimum absolute atomic E-state index is 0. The zero-order valence-corrected chi connectivity index (χ0v) is 17.4. The van der Waals surface area contributed by atoms with Crippen LogP contribution in [0.5, 0.6) is 0 Å². The van der Waals surface area contributed by atoms with E-state index in [4.69, 9.17) is 0 Å². The van der Waals surface area contributed by atoms with E-state index in [0.29, 0.717) is 18.9 Å². The Morgan fingerprint density at radius 1 is 1.20 bits per heavy atom. The summed E-state index contributed by atoms with van der Waals surface area (Å²) in [5, 5.41) is 8.85. The zero-order valence-electron chi connectivity index (χ0n) is 14.2. The number of fused-ring (bicyclic) bond motifs is 1. The van der Waals surface area contributed by atoms with E-state index < -0.39 is 9.84 Å². The first kappa shape index (κ1) is 20.0. The Morgan fingerprint density at radius 3 is 2.68 bits per heavy atom. The lowest BCUT2D eigenvalue weighted by Gasteiger charge is -2.16. The minimum atomic E-state index is -2.90. The van der Waals surface area contributed by atoms with Crippen LogP contribution in [0.3, 0.4) is 0 Å². The highest BCUT2D eigenvalue weighted by Crippen LogP contribution is 2.19. The van der Waals surface area contributed by atoms with Crippen molar-refractivity contribution in [3.63, 3.8) is 0 Å². The molecule has 0 saturated carbocycles. The second kappa shape index (κ2) is 8.84. The Bertz CT molecular complexity index is 847. The van der Waals surface area contributed by atoms with Gasteiger partial charge < -0.3 is 10.6 Å². The van der Waals surface area contributed by atoms with Crippen LogP contribution in [0.25, 0.3) is 10.8 Å². The number of sulfone groups is 1. The van der Waals surface area contributed by atoms with Gasteiger partial charge in [0, 0.05) is 12.6 Å². The van der Waals surface area contributed by atoms with Crippen LogP contribution in [0, 0.1) is 0 Å². The Kier molecular flexibility index (Phi) is 7.06. The maximum atomic E-state index is 11.6. The Labute approximate surface area is 166 Å². The number of hydrogen-bond acceptors (Lipinski definition) is 3. The number of nitrogens with one attached hydrogen (secondary N) is 2. The summed E-state index contributed by atoms with van der Waals surface area (Å²) in [7, 11) is -2.90. The summed E-state index contributed by atoms with van der Waals surface area (Å²) in [6.45, 7) is 3.29. The van der Waals surface area contributed by atoms with Gasteiger partial charge in [-0.05, 0) is 29.7 Å². The van der Waals surface area contributed by atoms with Gasteiger partial charge in [0.2, 0.25) is 0 Å². The first-order valence-corrected chi connectivity index (χ1v) is 10.1. The van der Waals surface area contributed by atoms with E-state index in [9.17, 15) is 8.42 Å². The fraction of sp³-hybridized carbons (Fsp3) is 0.389. The van der Waals surface area contributed by atoms with E-state index in [1.807, 2.05) is 25.1 Å². The predicted octanol–water partition coefficient (Wildman–Crippen LogP) is 2.70.